The van der Waals surface area contributed by atoms with E-state index < -0.39 is 10.0 Å². The monoisotopic (exact) mass is 433 g/mol. The van der Waals surface area contributed by atoms with Gasteiger partial charge in [-0.1, -0.05) is 6.07 Å². The molecule has 1 aliphatic heterocycles. The van der Waals surface area contributed by atoms with Crippen molar-refractivity contribution in [3.8, 4) is 0 Å². The molecule has 9 heteroatoms. The Hall–Kier alpha value is -2.36. The number of fused-ring (bicyclic) bond motifs is 1. The molecule has 1 aliphatic rings. The molecule has 0 saturated carbocycles. The lowest BCUT2D eigenvalue weighted by atomic mass is 10.1. The molecule has 0 unspecified atom stereocenters. The molecule has 2 aromatic rings. The SMILES string of the molecule is Cc1cc(C)cc(NC(=O)CN2C(=O)CSc3ccc(S(=O)(=O)N(C)C)cc32)c1. The summed E-state index contributed by atoms with van der Waals surface area (Å²) in [6, 6.07) is 10.4. The molecule has 2 aromatic carbocycles. The fourth-order valence-corrected chi connectivity index (χ4v) is 4.96. The van der Waals surface area contributed by atoms with Crippen LogP contribution in [0.15, 0.2) is 46.2 Å². The van der Waals surface area contributed by atoms with Crippen LogP contribution in [0.2, 0.25) is 0 Å². The second-order valence-electron chi connectivity index (χ2n) is 7.11. The Kier molecular flexibility index (Phi) is 6.02. The third-order valence-corrected chi connectivity index (χ3v) is 7.32. The van der Waals surface area contributed by atoms with E-state index in [1.165, 1.54) is 42.9 Å². The third-order valence-electron chi connectivity index (χ3n) is 4.46. The summed E-state index contributed by atoms with van der Waals surface area (Å²) in [6.45, 7) is 3.69. The lowest BCUT2D eigenvalue weighted by Gasteiger charge is -2.29. The van der Waals surface area contributed by atoms with Crippen molar-refractivity contribution >= 4 is 45.0 Å². The largest absolute Gasteiger partial charge is 0.325 e. The van der Waals surface area contributed by atoms with Gasteiger partial charge in [0.15, 0.2) is 0 Å². The van der Waals surface area contributed by atoms with E-state index >= 15 is 0 Å². The maximum Gasteiger partial charge on any atom is 0.244 e. The van der Waals surface area contributed by atoms with Crippen molar-refractivity contribution in [3.63, 3.8) is 0 Å². The van der Waals surface area contributed by atoms with Crippen LogP contribution >= 0.6 is 11.8 Å². The molecule has 29 heavy (non-hydrogen) atoms. The number of nitrogens with one attached hydrogen (secondary N) is 1. The second kappa shape index (κ2) is 8.17. The number of rotatable bonds is 5. The van der Waals surface area contributed by atoms with Crippen LogP contribution in [0.1, 0.15) is 11.1 Å². The molecule has 0 saturated heterocycles. The third kappa shape index (κ3) is 4.63. The molecule has 0 spiro atoms. The Balaban J connectivity index is 1.88. The predicted octanol–water partition coefficient (Wildman–Crippen LogP) is 2.63. The zero-order valence-corrected chi connectivity index (χ0v) is 18.4. The van der Waals surface area contributed by atoms with Crippen LogP contribution in [0.25, 0.3) is 0 Å². The van der Waals surface area contributed by atoms with Crippen LogP contribution in [-0.2, 0) is 19.6 Å². The first-order valence-electron chi connectivity index (χ1n) is 8.96. The lowest BCUT2D eigenvalue weighted by Crippen LogP contribution is -2.41. The maximum absolute atomic E-state index is 12.6. The van der Waals surface area contributed by atoms with Crippen molar-refractivity contribution < 1.29 is 18.0 Å². The number of anilines is 2. The summed E-state index contributed by atoms with van der Waals surface area (Å²) in [5.41, 5.74) is 3.14. The molecule has 0 aliphatic carbocycles. The van der Waals surface area contributed by atoms with Gasteiger partial charge in [-0.25, -0.2) is 12.7 Å². The molecule has 7 nitrogen and oxygen atoms in total. The number of nitrogens with zero attached hydrogens (tertiary/aromatic N) is 2. The molecular formula is C20H23N3O4S2. The molecule has 1 heterocycles. The summed E-state index contributed by atoms with van der Waals surface area (Å²) < 4.78 is 26.1. The average Bonchev–Trinajstić information content (AvgIpc) is 2.62. The molecule has 1 N–H and O–H groups in total. The van der Waals surface area contributed by atoms with Gasteiger partial charge in [-0.3, -0.25) is 9.59 Å². The predicted molar refractivity (Wildman–Crippen MR) is 115 cm³/mol. The van der Waals surface area contributed by atoms with Gasteiger partial charge in [0.1, 0.15) is 6.54 Å². The summed E-state index contributed by atoms with van der Waals surface area (Å²) in [7, 11) is -0.756. The average molecular weight is 434 g/mol. The van der Waals surface area contributed by atoms with Crippen LogP contribution < -0.4 is 10.2 Å². The topological polar surface area (TPSA) is 86.8 Å². The van der Waals surface area contributed by atoms with E-state index in [4.69, 9.17) is 0 Å². The zero-order chi connectivity index (χ0) is 21.3. The first-order valence-corrected chi connectivity index (χ1v) is 11.4. The number of amides is 2. The Bertz CT molecular complexity index is 1060. The van der Waals surface area contributed by atoms with Crippen LogP contribution in [0.4, 0.5) is 11.4 Å². The summed E-state index contributed by atoms with van der Waals surface area (Å²) in [5, 5.41) is 2.82. The summed E-state index contributed by atoms with van der Waals surface area (Å²) in [5.74, 6) is -0.386. The number of benzene rings is 2. The van der Waals surface area contributed by atoms with Crippen molar-refractivity contribution in [3.05, 3.63) is 47.5 Å². The van der Waals surface area contributed by atoms with E-state index in [1.807, 2.05) is 32.0 Å². The lowest BCUT2D eigenvalue weighted by molar-refractivity contribution is -0.120. The molecule has 3 rings (SSSR count). The smallest absolute Gasteiger partial charge is 0.244 e. The number of thioether (sulfide) groups is 1. The highest BCUT2D eigenvalue weighted by Crippen LogP contribution is 2.37. The minimum absolute atomic E-state index is 0.0799. The van der Waals surface area contributed by atoms with Gasteiger partial charge in [0.25, 0.3) is 0 Å². The van der Waals surface area contributed by atoms with Crippen molar-refractivity contribution in [2.45, 2.75) is 23.6 Å². The van der Waals surface area contributed by atoms with Gasteiger partial charge in [-0.15, -0.1) is 11.8 Å². The van der Waals surface area contributed by atoms with Gasteiger partial charge < -0.3 is 10.2 Å². The van der Waals surface area contributed by atoms with E-state index in [2.05, 4.69) is 5.32 Å². The van der Waals surface area contributed by atoms with E-state index in [0.717, 1.165) is 20.3 Å². The first-order chi connectivity index (χ1) is 13.6. The van der Waals surface area contributed by atoms with Crippen LogP contribution in [0, 0.1) is 13.8 Å². The van der Waals surface area contributed by atoms with Crippen molar-refractivity contribution in [2.24, 2.45) is 0 Å². The second-order valence-corrected chi connectivity index (χ2v) is 10.3. The van der Waals surface area contributed by atoms with Gasteiger partial charge in [0.05, 0.1) is 16.3 Å². The first kappa shape index (κ1) is 21.4. The van der Waals surface area contributed by atoms with Crippen molar-refractivity contribution in [1.82, 2.24) is 4.31 Å². The number of hydrogen-bond acceptors (Lipinski definition) is 5. The zero-order valence-electron chi connectivity index (χ0n) is 16.7. The molecular weight excluding hydrogens is 410 g/mol. The molecule has 2 amide bonds. The van der Waals surface area contributed by atoms with E-state index in [9.17, 15) is 18.0 Å². The van der Waals surface area contributed by atoms with Gasteiger partial charge in [0, 0.05) is 24.7 Å². The highest BCUT2D eigenvalue weighted by atomic mass is 32.2. The standard InChI is InChI=1S/C20H23N3O4S2/c1-13-7-14(2)9-15(8-13)21-19(24)11-23-17-10-16(29(26,27)22(3)4)5-6-18(17)28-12-20(23)25/h5-10H,11-12H2,1-4H3,(H,21,24). The number of hydrogen-bond donors (Lipinski definition) is 1. The highest BCUT2D eigenvalue weighted by molar-refractivity contribution is 8.00. The minimum atomic E-state index is -3.65. The summed E-state index contributed by atoms with van der Waals surface area (Å²) >= 11 is 1.33. The van der Waals surface area contributed by atoms with Crippen LogP contribution in [0.3, 0.4) is 0 Å². The van der Waals surface area contributed by atoms with E-state index in [1.54, 1.807) is 6.07 Å². The molecule has 0 fully saturated rings. The van der Waals surface area contributed by atoms with Crippen LogP contribution in [-0.4, -0.2) is 50.9 Å². The fraction of sp³-hybridized carbons (Fsp3) is 0.300. The molecule has 154 valence electrons. The molecule has 0 radical (unpaired) electrons. The molecule has 0 bridgehead atoms. The normalized spacial score (nSPS) is 14.1. The van der Waals surface area contributed by atoms with Gasteiger partial charge in [-0.2, -0.15) is 0 Å². The Morgan fingerprint density at radius 3 is 2.41 bits per heavy atom. The van der Waals surface area contributed by atoms with Crippen LogP contribution in [0.5, 0.6) is 0 Å². The number of carbonyl (C=O) groups excluding carboxylic acids is 2. The maximum atomic E-state index is 12.6. The van der Waals surface area contributed by atoms with Crippen molar-refractivity contribution in [1.29, 1.82) is 0 Å². The van der Waals surface area contributed by atoms with Gasteiger partial charge >= 0.3 is 0 Å². The Morgan fingerprint density at radius 1 is 1.14 bits per heavy atom. The fourth-order valence-electron chi connectivity index (χ4n) is 3.12. The number of sulfonamides is 1. The molecule has 0 atom stereocenters. The Labute approximate surface area is 175 Å². The van der Waals surface area contributed by atoms with Crippen molar-refractivity contribution in [2.75, 3.05) is 36.6 Å². The minimum Gasteiger partial charge on any atom is -0.325 e. The number of carbonyl (C=O) groups is 2. The van der Waals surface area contributed by atoms with Gasteiger partial charge in [-0.05, 0) is 55.3 Å². The highest BCUT2D eigenvalue weighted by Gasteiger charge is 2.29. The summed E-state index contributed by atoms with van der Waals surface area (Å²) in [6.07, 6.45) is 0. The quantitative estimate of drug-likeness (QED) is 0.783. The summed E-state index contributed by atoms with van der Waals surface area (Å²) in [4.78, 5) is 27.3. The van der Waals surface area contributed by atoms with E-state index in [-0.39, 0.29) is 29.0 Å². The van der Waals surface area contributed by atoms with E-state index in [0.29, 0.717) is 11.4 Å². The Morgan fingerprint density at radius 2 is 1.79 bits per heavy atom. The molecule has 0 aromatic heterocycles. The number of aryl methyl sites for hydroxylation is 2. The van der Waals surface area contributed by atoms with Gasteiger partial charge in [0.2, 0.25) is 21.8 Å².